The van der Waals surface area contributed by atoms with Crippen LogP contribution in [0.15, 0.2) is 12.1 Å². The fourth-order valence-electron chi connectivity index (χ4n) is 2.39. The molecule has 1 aromatic heterocycles. The topological polar surface area (TPSA) is 86.5 Å². The minimum atomic E-state index is -4.65. The van der Waals surface area contributed by atoms with Crippen LogP contribution < -0.4 is 4.74 Å². The Kier molecular flexibility index (Phi) is 7.46. The zero-order valence-electron chi connectivity index (χ0n) is 15.8. The summed E-state index contributed by atoms with van der Waals surface area (Å²) in [6.07, 6.45) is -5.61. The first-order valence-corrected chi connectivity index (χ1v) is 8.50. The molecule has 1 unspecified atom stereocenters. The smallest absolute Gasteiger partial charge is 0.433 e. The lowest BCUT2D eigenvalue weighted by atomic mass is 9.96. The Morgan fingerprint density at radius 2 is 2.00 bits per heavy atom. The highest BCUT2D eigenvalue weighted by atomic mass is 19.4. The van der Waals surface area contributed by atoms with E-state index < -0.39 is 29.9 Å². The number of carboxylic acid groups (broad SMARTS) is 1. The van der Waals surface area contributed by atoms with Gasteiger partial charge in [-0.25, -0.2) is 9.78 Å². The van der Waals surface area contributed by atoms with E-state index in [1.54, 1.807) is 13.0 Å². The van der Waals surface area contributed by atoms with Crippen molar-refractivity contribution in [3.63, 3.8) is 0 Å². The summed E-state index contributed by atoms with van der Waals surface area (Å²) in [5.74, 6) is -0.392. The second-order valence-electron chi connectivity index (χ2n) is 7.36. The van der Waals surface area contributed by atoms with Crippen molar-refractivity contribution >= 4 is 6.09 Å². The lowest BCUT2D eigenvalue weighted by Crippen LogP contribution is -2.39. The first-order valence-electron chi connectivity index (χ1n) is 8.50. The van der Waals surface area contributed by atoms with Gasteiger partial charge in [0.2, 0.25) is 5.88 Å². The van der Waals surface area contributed by atoms with Gasteiger partial charge in [0, 0.05) is 19.5 Å². The summed E-state index contributed by atoms with van der Waals surface area (Å²) in [5.41, 5.74) is -1.49. The van der Waals surface area contributed by atoms with Crippen LogP contribution in [0.25, 0.3) is 0 Å². The molecule has 1 aromatic rings. The molecular formula is C18H24F3N3O3. The zero-order chi connectivity index (χ0) is 20.8. The summed E-state index contributed by atoms with van der Waals surface area (Å²) in [7, 11) is 0. The van der Waals surface area contributed by atoms with Crippen molar-refractivity contribution in [3.05, 3.63) is 23.4 Å². The quantitative estimate of drug-likeness (QED) is 0.742. The predicted molar refractivity (Wildman–Crippen MR) is 92.3 cm³/mol. The molecule has 0 aromatic carbocycles. The molecule has 1 N–H and O–H groups in total. The molecule has 150 valence electrons. The number of ether oxygens (including phenoxy) is 1. The fourth-order valence-corrected chi connectivity index (χ4v) is 2.39. The monoisotopic (exact) mass is 387 g/mol. The number of pyridine rings is 1. The normalized spacial score (nSPS) is 13.0. The molecule has 6 nitrogen and oxygen atoms in total. The van der Waals surface area contributed by atoms with Gasteiger partial charge in [0.15, 0.2) is 0 Å². The van der Waals surface area contributed by atoms with E-state index >= 15 is 0 Å². The minimum Gasteiger partial charge on any atom is -0.473 e. The standard InChI is InChI=1S/C18H24F3N3O3/c1-5-13(8-9-24(16(25)26)11-17(2,3)4)27-15-12(10-22)6-7-14(23-15)18(19,20)21/h6-7,13H,5,8-9,11H2,1-4H3,(H,25,26). The molecule has 0 aliphatic rings. The highest BCUT2D eigenvalue weighted by Gasteiger charge is 2.33. The van der Waals surface area contributed by atoms with Crippen molar-refractivity contribution in [2.75, 3.05) is 13.1 Å². The molecule has 1 heterocycles. The van der Waals surface area contributed by atoms with Gasteiger partial charge in [-0.3, -0.25) is 0 Å². The molecule has 0 aliphatic heterocycles. The highest BCUT2D eigenvalue weighted by molar-refractivity contribution is 5.64. The molecule has 9 heteroatoms. The Hall–Kier alpha value is -2.50. The molecule has 0 spiro atoms. The number of nitrogens with zero attached hydrogens (tertiary/aromatic N) is 3. The summed E-state index contributed by atoms with van der Waals surface area (Å²) >= 11 is 0. The lowest BCUT2D eigenvalue weighted by molar-refractivity contribution is -0.141. The fraction of sp³-hybridized carbons (Fsp3) is 0.611. The highest BCUT2D eigenvalue weighted by Crippen LogP contribution is 2.30. The molecule has 1 atom stereocenters. The van der Waals surface area contributed by atoms with Gasteiger partial charge in [-0.1, -0.05) is 27.7 Å². The van der Waals surface area contributed by atoms with Crippen LogP contribution in [0.3, 0.4) is 0 Å². The number of rotatable bonds is 7. The maximum Gasteiger partial charge on any atom is 0.433 e. The van der Waals surface area contributed by atoms with Crippen LogP contribution in [0.1, 0.15) is 51.8 Å². The molecule has 0 aliphatic carbocycles. The van der Waals surface area contributed by atoms with E-state index in [1.165, 1.54) is 4.90 Å². The van der Waals surface area contributed by atoms with Crippen molar-refractivity contribution in [1.29, 1.82) is 5.26 Å². The summed E-state index contributed by atoms with van der Waals surface area (Å²) < 4.78 is 44.1. The number of amides is 1. The largest absolute Gasteiger partial charge is 0.473 e. The first kappa shape index (κ1) is 22.5. The van der Waals surface area contributed by atoms with Gasteiger partial charge < -0.3 is 14.7 Å². The van der Waals surface area contributed by atoms with Gasteiger partial charge in [0.1, 0.15) is 23.4 Å². The van der Waals surface area contributed by atoms with Gasteiger partial charge in [0.05, 0.1) is 0 Å². The third-order valence-corrected chi connectivity index (χ3v) is 3.66. The number of carbonyl (C=O) groups is 1. The molecule has 1 amide bonds. The maximum absolute atomic E-state index is 12.9. The zero-order valence-corrected chi connectivity index (χ0v) is 15.8. The molecule has 0 saturated carbocycles. The first-order chi connectivity index (χ1) is 12.4. The minimum absolute atomic E-state index is 0.105. The Morgan fingerprint density at radius 3 is 2.44 bits per heavy atom. The van der Waals surface area contributed by atoms with E-state index in [1.807, 2.05) is 20.8 Å². The van der Waals surface area contributed by atoms with Gasteiger partial charge in [0.25, 0.3) is 0 Å². The van der Waals surface area contributed by atoms with Gasteiger partial charge >= 0.3 is 12.3 Å². The number of aromatic nitrogens is 1. The van der Waals surface area contributed by atoms with Crippen LogP contribution in [0, 0.1) is 16.7 Å². The van der Waals surface area contributed by atoms with Gasteiger partial charge in [-0.2, -0.15) is 18.4 Å². The van der Waals surface area contributed by atoms with Crippen LogP contribution in [-0.4, -0.2) is 40.3 Å². The van der Waals surface area contributed by atoms with Crippen molar-refractivity contribution in [2.24, 2.45) is 5.41 Å². The Bertz CT molecular complexity index is 694. The Labute approximate surface area is 156 Å². The lowest BCUT2D eigenvalue weighted by Gasteiger charge is -2.29. The van der Waals surface area contributed by atoms with E-state index in [-0.39, 0.29) is 23.9 Å². The molecule has 0 bridgehead atoms. The van der Waals surface area contributed by atoms with Crippen LogP contribution in [0.4, 0.5) is 18.0 Å². The molecular weight excluding hydrogens is 363 g/mol. The summed E-state index contributed by atoms with van der Waals surface area (Å²) in [5, 5.41) is 18.4. The predicted octanol–water partition coefficient (Wildman–Crippen LogP) is 4.55. The molecule has 0 radical (unpaired) electrons. The van der Waals surface area contributed by atoms with Crippen molar-refractivity contribution < 1.29 is 27.8 Å². The molecule has 0 saturated heterocycles. The third kappa shape index (κ3) is 7.33. The second kappa shape index (κ2) is 8.93. The average molecular weight is 387 g/mol. The second-order valence-corrected chi connectivity index (χ2v) is 7.36. The van der Waals surface area contributed by atoms with Crippen molar-refractivity contribution in [3.8, 4) is 11.9 Å². The number of nitriles is 1. The van der Waals surface area contributed by atoms with E-state index in [4.69, 9.17) is 10.00 Å². The van der Waals surface area contributed by atoms with E-state index in [2.05, 4.69) is 4.98 Å². The maximum atomic E-state index is 12.9. The van der Waals surface area contributed by atoms with Crippen LogP contribution in [0.5, 0.6) is 5.88 Å². The van der Waals surface area contributed by atoms with Crippen LogP contribution in [0.2, 0.25) is 0 Å². The van der Waals surface area contributed by atoms with Crippen LogP contribution >= 0.6 is 0 Å². The van der Waals surface area contributed by atoms with E-state index in [0.717, 1.165) is 12.1 Å². The summed E-state index contributed by atoms with van der Waals surface area (Å²) in [4.78, 5) is 16.1. The molecule has 0 fully saturated rings. The number of hydrogen-bond donors (Lipinski definition) is 1. The van der Waals surface area contributed by atoms with Crippen molar-refractivity contribution in [1.82, 2.24) is 9.88 Å². The molecule has 1 rings (SSSR count). The Balaban J connectivity index is 2.92. The van der Waals surface area contributed by atoms with Crippen LogP contribution in [-0.2, 0) is 6.18 Å². The number of alkyl halides is 3. The summed E-state index contributed by atoms with van der Waals surface area (Å²) in [6.45, 7) is 7.95. The number of hydrogen-bond acceptors (Lipinski definition) is 4. The van der Waals surface area contributed by atoms with E-state index in [9.17, 15) is 23.1 Å². The third-order valence-electron chi connectivity index (χ3n) is 3.66. The number of halogens is 3. The summed E-state index contributed by atoms with van der Waals surface area (Å²) in [6, 6.07) is 3.50. The van der Waals surface area contributed by atoms with Crippen molar-refractivity contribution in [2.45, 2.75) is 52.8 Å². The Morgan fingerprint density at radius 1 is 1.37 bits per heavy atom. The van der Waals surface area contributed by atoms with E-state index in [0.29, 0.717) is 13.0 Å². The SMILES string of the molecule is CCC(CCN(CC(C)(C)C)C(=O)O)Oc1nc(C(F)(F)F)ccc1C#N. The van der Waals surface area contributed by atoms with Gasteiger partial charge in [-0.05, 0) is 24.0 Å². The molecule has 27 heavy (non-hydrogen) atoms. The van der Waals surface area contributed by atoms with Gasteiger partial charge in [-0.15, -0.1) is 0 Å². The average Bonchev–Trinajstić information content (AvgIpc) is 2.55.